The van der Waals surface area contributed by atoms with Crippen LogP contribution in [0.25, 0.3) is 0 Å². The molecule has 3 aromatic rings. The summed E-state index contributed by atoms with van der Waals surface area (Å²) in [6, 6.07) is 18.2. The topological polar surface area (TPSA) is 212 Å². The van der Waals surface area contributed by atoms with Gasteiger partial charge in [-0.15, -0.1) is 0 Å². The molecule has 0 unspecified atom stereocenters. The molecule has 1 fully saturated rings. The first-order chi connectivity index (χ1) is 33.1. The van der Waals surface area contributed by atoms with Gasteiger partial charge in [-0.05, 0) is 115 Å². The predicted molar refractivity (Wildman–Crippen MR) is 258 cm³/mol. The Morgan fingerprint density at radius 1 is 0.629 bits per heavy atom. The van der Waals surface area contributed by atoms with Crippen LogP contribution in [0.1, 0.15) is 81.8 Å². The van der Waals surface area contributed by atoms with Gasteiger partial charge < -0.3 is 42.8 Å². The Morgan fingerprint density at radius 2 is 1.13 bits per heavy atom. The van der Waals surface area contributed by atoms with Crippen molar-refractivity contribution in [3.63, 3.8) is 0 Å². The van der Waals surface area contributed by atoms with Gasteiger partial charge in [0.1, 0.15) is 36.8 Å². The maximum atomic E-state index is 14.0. The molecule has 3 aromatic carbocycles. The van der Waals surface area contributed by atoms with E-state index >= 15 is 0 Å². The highest BCUT2D eigenvalue weighted by Gasteiger charge is 2.38. The normalized spacial score (nSPS) is 15.2. The zero-order valence-electron chi connectivity index (χ0n) is 41.3. The second-order valence-electron chi connectivity index (χ2n) is 18.6. The number of hydrogen-bond donors (Lipinski definition) is 0. The van der Waals surface area contributed by atoms with E-state index in [1.165, 1.54) is 44.4 Å². The lowest BCUT2D eigenvalue weighted by Crippen LogP contribution is -2.52. The summed E-state index contributed by atoms with van der Waals surface area (Å²) in [7, 11) is -7.82. The van der Waals surface area contributed by atoms with Crippen LogP contribution in [-0.4, -0.2) is 161 Å². The molecule has 0 N–H and O–H groups in total. The number of anilines is 1. The number of benzene rings is 3. The lowest BCUT2D eigenvalue weighted by atomic mass is 9.90. The molecule has 0 radical (unpaired) electrons. The van der Waals surface area contributed by atoms with Crippen molar-refractivity contribution in [2.45, 2.75) is 88.2 Å². The van der Waals surface area contributed by atoms with Gasteiger partial charge in [-0.3, -0.25) is 18.7 Å². The van der Waals surface area contributed by atoms with Gasteiger partial charge >= 0.3 is 12.1 Å². The summed E-state index contributed by atoms with van der Waals surface area (Å²) in [5, 5.41) is 0. The number of rotatable bonds is 26. The van der Waals surface area contributed by atoms with Crippen LogP contribution in [0.2, 0.25) is 0 Å². The van der Waals surface area contributed by atoms with Gasteiger partial charge in [0.25, 0.3) is 16.0 Å². The van der Waals surface area contributed by atoms with Crippen molar-refractivity contribution >= 4 is 43.8 Å². The number of piperidine rings is 1. The highest BCUT2D eigenvalue weighted by Crippen LogP contribution is 2.35. The van der Waals surface area contributed by atoms with Gasteiger partial charge in [-0.2, -0.15) is 12.7 Å². The molecule has 1 saturated heterocycles. The summed E-state index contributed by atoms with van der Waals surface area (Å²) in [6.07, 6.45) is 0.382. The zero-order valence-corrected chi connectivity index (χ0v) is 43.0. The Morgan fingerprint density at radius 3 is 1.66 bits per heavy atom. The molecule has 0 bridgehead atoms. The third kappa shape index (κ3) is 17.9. The molecule has 70 heavy (non-hydrogen) atoms. The Bertz CT molecular complexity index is 2380. The summed E-state index contributed by atoms with van der Waals surface area (Å²) in [5.41, 5.74) is 0.493. The van der Waals surface area contributed by atoms with Gasteiger partial charge in [-0.25, -0.2) is 13.2 Å². The number of carbonyl (C=O) groups is 3. The quantitative estimate of drug-likeness (QED) is 0.0518. The zero-order chi connectivity index (χ0) is 51.0. The summed E-state index contributed by atoms with van der Waals surface area (Å²) in [5.74, 6) is -0.379. The maximum Gasteiger partial charge on any atom is 0.416 e. The number of hydrogen-bond acceptors (Lipinski definition) is 16. The molecular formula is C49H69N3O16S2. The molecule has 0 aromatic heterocycles. The van der Waals surface area contributed by atoms with Gasteiger partial charge in [0.2, 0.25) is 10.0 Å². The number of fused-ring (bicyclic) bond motifs is 1. The molecule has 2 aliphatic heterocycles. The van der Waals surface area contributed by atoms with Crippen molar-refractivity contribution in [3.8, 4) is 5.75 Å². The van der Waals surface area contributed by atoms with Crippen molar-refractivity contribution in [3.05, 3.63) is 83.4 Å². The Kier molecular flexibility index (Phi) is 21.0. The van der Waals surface area contributed by atoms with Crippen molar-refractivity contribution in [2.75, 3.05) is 110 Å². The molecular weight excluding hydrogens is 951 g/mol. The summed E-state index contributed by atoms with van der Waals surface area (Å²) in [6.45, 7) is 15.7. The first kappa shape index (κ1) is 56.2. The molecule has 2 amide bonds. The monoisotopic (exact) mass is 1020 g/mol. The van der Waals surface area contributed by atoms with Crippen molar-refractivity contribution in [1.29, 1.82) is 0 Å². The smallest absolute Gasteiger partial charge is 0.416 e. The van der Waals surface area contributed by atoms with Gasteiger partial charge in [0, 0.05) is 13.1 Å². The number of nitrogens with zero attached hydrogens (tertiary/aromatic N) is 3. The lowest BCUT2D eigenvalue weighted by molar-refractivity contribution is -0.155. The molecule has 0 aliphatic carbocycles. The SMILES string of the molecule is Cc1ccc(S(=O)(=O)OCCOCCOCCOCCOCCOCCOc2ccc(C3CCN(S(=O)(=O)c4ccc5c(c4)N(C(=O)OC(C)(C)C)CN(CC(=O)OC(C)(C)C)C5=O)CC3)cc2)cc1. The molecule has 0 spiro atoms. The van der Waals surface area contributed by atoms with Gasteiger partial charge in [-0.1, -0.05) is 29.8 Å². The second-order valence-corrected chi connectivity index (χ2v) is 22.1. The molecule has 2 aliphatic rings. The van der Waals surface area contributed by atoms with E-state index in [-0.39, 0.29) is 59.9 Å². The minimum Gasteiger partial charge on any atom is -0.491 e. The minimum atomic E-state index is -4.01. The number of esters is 1. The van der Waals surface area contributed by atoms with Crippen LogP contribution in [0, 0.1) is 6.92 Å². The van der Waals surface area contributed by atoms with Crippen LogP contribution in [0.4, 0.5) is 10.5 Å². The van der Waals surface area contributed by atoms with Crippen LogP contribution >= 0.6 is 0 Å². The van der Waals surface area contributed by atoms with E-state index in [0.29, 0.717) is 84.7 Å². The standard InChI is InChI=1S/C49H69N3O16S2/c1-37-8-14-41(15-9-37)70(58,59)66-33-31-64-29-27-62-25-23-60-22-24-61-26-28-63-30-32-65-40-12-10-38(11-13-40)39-18-20-51(21-19-39)69(56,57)42-16-17-43-44(34-42)52(47(55)68-49(5,6)7)36-50(46(43)54)35-45(53)67-48(2,3)4/h8-17,34,39H,18-33,35-36H2,1-7H3. The fraction of sp³-hybridized carbons (Fsp3) is 0.571. The van der Waals surface area contributed by atoms with Crippen LogP contribution in [0.3, 0.4) is 0 Å². The first-order valence-corrected chi connectivity index (χ1v) is 26.2. The van der Waals surface area contributed by atoms with Gasteiger partial charge in [0.15, 0.2) is 0 Å². The van der Waals surface area contributed by atoms with E-state index < -0.39 is 55.9 Å². The van der Waals surface area contributed by atoms with Crippen molar-refractivity contribution in [1.82, 2.24) is 9.21 Å². The number of amides is 2. The summed E-state index contributed by atoms with van der Waals surface area (Å²) in [4.78, 5) is 42.1. The number of ether oxygens (including phenoxy) is 8. The van der Waals surface area contributed by atoms with E-state index in [0.717, 1.165) is 11.1 Å². The minimum absolute atomic E-state index is 0.0564. The highest BCUT2D eigenvalue weighted by atomic mass is 32.2. The molecule has 2 heterocycles. The molecule has 5 rings (SSSR count). The van der Waals surface area contributed by atoms with Crippen LogP contribution < -0.4 is 9.64 Å². The van der Waals surface area contributed by atoms with E-state index in [4.69, 9.17) is 42.1 Å². The molecule has 0 saturated carbocycles. The number of aryl methyl sites for hydroxylation is 1. The Balaban J connectivity index is 0.932. The predicted octanol–water partition coefficient (Wildman–Crippen LogP) is 5.93. The van der Waals surface area contributed by atoms with Gasteiger partial charge in [0.05, 0.1) is 93.7 Å². The lowest BCUT2D eigenvalue weighted by Gasteiger charge is -2.37. The Hall–Kier alpha value is -4.71. The van der Waals surface area contributed by atoms with E-state index in [1.807, 2.05) is 31.2 Å². The van der Waals surface area contributed by atoms with Crippen molar-refractivity contribution in [2.24, 2.45) is 0 Å². The average molecular weight is 1020 g/mol. The fourth-order valence-electron chi connectivity index (χ4n) is 7.27. The highest BCUT2D eigenvalue weighted by molar-refractivity contribution is 7.89. The Labute approximate surface area is 412 Å². The summed E-state index contributed by atoms with van der Waals surface area (Å²) >= 11 is 0. The van der Waals surface area contributed by atoms with Crippen LogP contribution in [0.15, 0.2) is 76.5 Å². The largest absolute Gasteiger partial charge is 0.491 e. The first-order valence-electron chi connectivity index (χ1n) is 23.4. The molecule has 0 atom stereocenters. The number of carbonyl (C=O) groups excluding carboxylic acids is 3. The second kappa shape index (κ2) is 26.1. The third-order valence-electron chi connectivity index (χ3n) is 10.6. The third-order valence-corrected chi connectivity index (χ3v) is 13.9. The number of sulfonamides is 1. The maximum absolute atomic E-state index is 14.0. The van der Waals surface area contributed by atoms with Crippen LogP contribution in [0.5, 0.6) is 5.75 Å². The molecule has 388 valence electrons. The average Bonchev–Trinajstić information content (AvgIpc) is 3.29. The summed E-state index contributed by atoms with van der Waals surface area (Å²) < 4.78 is 103. The van der Waals surface area contributed by atoms with E-state index in [1.54, 1.807) is 53.7 Å². The van der Waals surface area contributed by atoms with E-state index in [9.17, 15) is 31.2 Å². The van der Waals surface area contributed by atoms with Crippen molar-refractivity contribution < 1.29 is 73.3 Å². The van der Waals surface area contributed by atoms with Crippen LogP contribution in [-0.2, 0) is 62.3 Å². The van der Waals surface area contributed by atoms with E-state index in [2.05, 4.69) is 0 Å². The molecule has 21 heteroatoms. The molecule has 19 nitrogen and oxygen atoms in total. The fourth-order valence-corrected chi connectivity index (χ4v) is 9.66.